The Hall–Kier alpha value is -3.76. The van der Waals surface area contributed by atoms with Crippen LogP contribution in [0.1, 0.15) is 0 Å². The van der Waals surface area contributed by atoms with Crippen molar-refractivity contribution in [2.75, 3.05) is 39.0 Å². The summed E-state index contributed by atoms with van der Waals surface area (Å²) in [7, 11) is 4.70. The average Bonchev–Trinajstić information content (AvgIpc) is 3.28. The van der Waals surface area contributed by atoms with E-state index in [9.17, 15) is 9.90 Å². The molecule has 182 valence electrons. The lowest BCUT2D eigenvalue weighted by Crippen LogP contribution is -2.16. The minimum atomic E-state index is -0.238. The van der Waals surface area contributed by atoms with Gasteiger partial charge in [-0.05, 0) is 35.0 Å². The van der Waals surface area contributed by atoms with E-state index in [0.717, 1.165) is 10.8 Å². The number of rotatable bonds is 10. The van der Waals surface area contributed by atoms with Crippen LogP contribution in [0.4, 0.5) is 5.69 Å². The summed E-state index contributed by atoms with van der Waals surface area (Å²) in [4.78, 5) is 12.7. The maximum atomic E-state index is 12.7. The molecular formula is C25H26N4O5S. The number of amides is 1. The van der Waals surface area contributed by atoms with Crippen molar-refractivity contribution in [3.05, 3.63) is 54.6 Å². The van der Waals surface area contributed by atoms with Crippen LogP contribution in [-0.2, 0) is 16.1 Å². The largest absolute Gasteiger partial charge is 0.507 e. The summed E-state index contributed by atoms with van der Waals surface area (Å²) < 4.78 is 17.7. The number of fused-ring (bicyclic) bond motifs is 1. The number of aromatic hydroxyl groups is 1. The van der Waals surface area contributed by atoms with Gasteiger partial charge < -0.3 is 24.6 Å². The number of thioether (sulfide) groups is 1. The molecule has 3 aromatic carbocycles. The third-order valence-electron chi connectivity index (χ3n) is 5.35. The van der Waals surface area contributed by atoms with Gasteiger partial charge in [-0.25, -0.2) is 0 Å². The number of aromatic nitrogens is 3. The molecule has 35 heavy (non-hydrogen) atoms. The molecule has 10 heteroatoms. The molecule has 0 atom stereocenters. The molecule has 0 aliphatic heterocycles. The van der Waals surface area contributed by atoms with Crippen molar-refractivity contribution in [3.8, 4) is 28.6 Å². The van der Waals surface area contributed by atoms with Crippen molar-refractivity contribution < 1.29 is 24.1 Å². The Morgan fingerprint density at radius 3 is 2.51 bits per heavy atom. The normalized spacial score (nSPS) is 10.9. The highest BCUT2D eigenvalue weighted by molar-refractivity contribution is 7.99. The number of anilines is 1. The first-order chi connectivity index (χ1) is 17.0. The highest BCUT2D eigenvalue weighted by Gasteiger charge is 2.19. The zero-order valence-electron chi connectivity index (χ0n) is 19.6. The van der Waals surface area contributed by atoms with Gasteiger partial charge in [0.05, 0.1) is 44.4 Å². The lowest BCUT2D eigenvalue weighted by atomic mass is 10.1. The van der Waals surface area contributed by atoms with Crippen LogP contribution in [0.15, 0.2) is 59.8 Å². The number of nitrogens with zero attached hydrogens (tertiary/aromatic N) is 3. The molecule has 1 amide bonds. The van der Waals surface area contributed by atoms with Gasteiger partial charge in [-0.3, -0.25) is 9.36 Å². The Kier molecular flexibility index (Phi) is 7.74. The highest BCUT2D eigenvalue weighted by Crippen LogP contribution is 2.34. The summed E-state index contributed by atoms with van der Waals surface area (Å²) in [5.74, 6) is 1.60. The monoisotopic (exact) mass is 494 g/mol. The molecule has 0 saturated heterocycles. The quantitative estimate of drug-likeness (QED) is 0.316. The van der Waals surface area contributed by atoms with Gasteiger partial charge in [-0.1, -0.05) is 36.0 Å². The summed E-state index contributed by atoms with van der Waals surface area (Å²) in [5, 5.41) is 24.6. The van der Waals surface area contributed by atoms with Gasteiger partial charge >= 0.3 is 0 Å². The van der Waals surface area contributed by atoms with Crippen LogP contribution in [0.2, 0.25) is 0 Å². The van der Waals surface area contributed by atoms with E-state index in [1.54, 1.807) is 38.5 Å². The van der Waals surface area contributed by atoms with E-state index < -0.39 is 0 Å². The van der Waals surface area contributed by atoms with Crippen molar-refractivity contribution >= 4 is 34.1 Å². The maximum absolute atomic E-state index is 12.7. The van der Waals surface area contributed by atoms with Crippen molar-refractivity contribution in [2.45, 2.75) is 11.7 Å². The van der Waals surface area contributed by atoms with Gasteiger partial charge in [0.1, 0.15) is 17.2 Å². The van der Waals surface area contributed by atoms with Crippen LogP contribution in [0, 0.1) is 0 Å². The Labute approximate surface area is 207 Å². The topological polar surface area (TPSA) is 108 Å². The number of phenols is 1. The summed E-state index contributed by atoms with van der Waals surface area (Å²) in [6.07, 6.45) is 0. The summed E-state index contributed by atoms with van der Waals surface area (Å²) in [5.41, 5.74) is 1.07. The average molecular weight is 495 g/mol. The number of carbonyl (C=O) groups is 1. The van der Waals surface area contributed by atoms with Crippen molar-refractivity contribution in [2.24, 2.45) is 0 Å². The molecule has 0 unspecified atom stereocenters. The predicted molar refractivity (Wildman–Crippen MR) is 135 cm³/mol. The zero-order chi connectivity index (χ0) is 24.8. The summed E-state index contributed by atoms with van der Waals surface area (Å²) in [6.45, 7) is 0.874. The molecular weight excluding hydrogens is 468 g/mol. The first-order valence-electron chi connectivity index (χ1n) is 10.8. The Balaban J connectivity index is 1.56. The Morgan fingerprint density at radius 2 is 1.80 bits per heavy atom. The van der Waals surface area contributed by atoms with Gasteiger partial charge in [0, 0.05) is 13.2 Å². The molecule has 9 nitrogen and oxygen atoms in total. The third-order valence-corrected chi connectivity index (χ3v) is 6.32. The minimum absolute atomic E-state index is 0.0924. The van der Waals surface area contributed by atoms with Crippen LogP contribution >= 0.6 is 11.8 Å². The number of methoxy groups -OCH3 is 3. The fourth-order valence-electron chi connectivity index (χ4n) is 3.61. The molecule has 1 heterocycles. The fraction of sp³-hybridized carbons (Fsp3) is 0.240. The second-order valence-corrected chi connectivity index (χ2v) is 8.51. The van der Waals surface area contributed by atoms with E-state index >= 15 is 0 Å². The molecule has 0 saturated carbocycles. The lowest BCUT2D eigenvalue weighted by molar-refractivity contribution is -0.113. The smallest absolute Gasteiger partial charge is 0.234 e. The number of carbonyl (C=O) groups excluding carboxylic acids is 1. The van der Waals surface area contributed by atoms with Crippen LogP contribution in [0.25, 0.3) is 22.2 Å². The van der Waals surface area contributed by atoms with Gasteiger partial charge in [0.25, 0.3) is 0 Å². The molecule has 0 spiro atoms. The summed E-state index contributed by atoms with van der Waals surface area (Å²) in [6, 6.07) is 16.5. The van der Waals surface area contributed by atoms with Gasteiger partial charge in [0.2, 0.25) is 5.91 Å². The fourth-order valence-corrected chi connectivity index (χ4v) is 4.38. The molecule has 4 aromatic rings. The number of hydrogen-bond donors (Lipinski definition) is 2. The Morgan fingerprint density at radius 1 is 1.03 bits per heavy atom. The summed E-state index contributed by atoms with van der Waals surface area (Å²) >= 11 is 1.24. The lowest BCUT2D eigenvalue weighted by Gasteiger charge is -2.13. The van der Waals surface area contributed by atoms with Gasteiger partial charge in [-0.15, -0.1) is 10.2 Å². The van der Waals surface area contributed by atoms with Crippen LogP contribution < -0.4 is 14.8 Å². The molecule has 1 aromatic heterocycles. The van der Waals surface area contributed by atoms with E-state index in [1.807, 2.05) is 34.9 Å². The van der Waals surface area contributed by atoms with E-state index in [1.165, 1.54) is 18.9 Å². The number of ether oxygens (including phenoxy) is 3. The number of hydrogen-bond acceptors (Lipinski definition) is 8. The molecule has 0 radical (unpaired) electrons. The van der Waals surface area contributed by atoms with E-state index in [0.29, 0.717) is 46.9 Å². The van der Waals surface area contributed by atoms with Crippen LogP contribution in [0.3, 0.4) is 0 Å². The first kappa shape index (κ1) is 24.4. The predicted octanol–water partition coefficient (Wildman–Crippen LogP) is 4.20. The van der Waals surface area contributed by atoms with Crippen molar-refractivity contribution in [1.29, 1.82) is 0 Å². The van der Waals surface area contributed by atoms with E-state index in [-0.39, 0.29) is 17.4 Å². The van der Waals surface area contributed by atoms with Gasteiger partial charge in [-0.2, -0.15) is 0 Å². The second-order valence-electron chi connectivity index (χ2n) is 7.57. The maximum Gasteiger partial charge on any atom is 0.234 e. The van der Waals surface area contributed by atoms with Gasteiger partial charge in [0.15, 0.2) is 11.0 Å². The second kappa shape index (κ2) is 11.1. The zero-order valence-corrected chi connectivity index (χ0v) is 20.5. The van der Waals surface area contributed by atoms with Crippen LogP contribution in [0.5, 0.6) is 17.2 Å². The first-order valence-corrected chi connectivity index (χ1v) is 11.8. The van der Waals surface area contributed by atoms with Crippen molar-refractivity contribution in [1.82, 2.24) is 14.8 Å². The third kappa shape index (κ3) is 5.50. The molecule has 0 bridgehead atoms. The van der Waals surface area contributed by atoms with Crippen molar-refractivity contribution in [3.63, 3.8) is 0 Å². The molecule has 4 rings (SSSR count). The standard InChI is InChI=1S/C25H26N4O5S/c1-32-11-10-29-24(19-12-16-6-4-5-7-17(16)13-21(19)30)27-28-25(29)35-15-23(31)26-20-14-18(33-2)8-9-22(20)34-3/h4-9,12-14,30H,10-11,15H2,1-3H3,(H,26,31). The number of phenolic OH excluding ortho intramolecular Hbond substituents is 1. The SMILES string of the molecule is COCCn1c(SCC(=O)Nc2cc(OC)ccc2OC)nnc1-c1cc2ccccc2cc1O. The van der Waals surface area contributed by atoms with Crippen LogP contribution in [-0.4, -0.2) is 59.5 Å². The van der Waals surface area contributed by atoms with E-state index in [4.69, 9.17) is 14.2 Å². The highest BCUT2D eigenvalue weighted by atomic mass is 32.2. The number of benzene rings is 3. The molecule has 0 aliphatic rings. The minimum Gasteiger partial charge on any atom is -0.507 e. The molecule has 2 N–H and O–H groups in total. The van der Waals surface area contributed by atoms with E-state index in [2.05, 4.69) is 15.5 Å². The Bertz CT molecular complexity index is 1340. The molecule has 0 aliphatic carbocycles. The number of nitrogens with one attached hydrogen (secondary N) is 1. The molecule has 0 fully saturated rings.